The van der Waals surface area contributed by atoms with Crippen molar-refractivity contribution in [3.8, 4) is 5.75 Å². The molecule has 0 spiro atoms. The second-order valence-corrected chi connectivity index (χ2v) is 5.24. The van der Waals surface area contributed by atoms with E-state index in [9.17, 15) is 4.39 Å². The van der Waals surface area contributed by atoms with E-state index in [1.807, 2.05) is 19.9 Å². The van der Waals surface area contributed by atoms with Crippen molar-refractivity contribution in [1.29, 1.82) is 0 Å². The molecule has 1 aliphatic rings. The third-order valence-electron chi connectivity index (χ3n) is 3.69. The highest BCUT2D eigenvalue weighted by molar-refractivity contribution is 5.30. The van der Waals surface area contributed by atoms with E-state index in [1.54, 1.807) is 12.1 Å². The molecule has 0 bridgehead atoms. The Morgan fingerprint density at radius 3 is 3.00 bits per heavy atom. The molecule has 1 aromatic carbocycles. The van der Waals surface area contributed by atoms with Crippen LogP contribution in [0.2, 0.25) is 0 Å². The van der Waals surface area contributed by atoms with E-state index in [4.69, 9.17) is 9.47 Å². The van der Waals surface area contributed by atoms with Crippen molar-refractivity contribution in [3.05, 3.63) is 29.6 Å². The highest BCUT2D eigenvalue weighted by Crippen LogP contribution is 2.23. The van der Waals surface area contributed by atoms with E-state index in [0.29, 0.717) is 12.4 Å². The lowest BCUT2D eigenvalue weighted by Crippen LogP contribution is -2.17. The molecule has 112 valence electrons. The second kappa shape index (κ2) is 7.60. The van der Waals surface area contributed by atoms with Crippen LogP contribution in [0.3, 0.4) is 0 Å². The number of rotatable bonds is 7. The van der Waals surface area contributed by atoms with Crippen LogP contribution in [-0.2, 0) is 4.74 Å². The summed E-state index contributed by atoms with van der Waals surface area (Å²) in [7, 11) is 0. The van der Waals surface area contributed by atoms with Crippen molar-refractivity contribution in [2.75, 3.05) is 19.8 Å². The summed E-state index contributed by atoms with van der Waals surface area (Å²) in [5.74, 6) is 0.0371. The molecule has 1 aliphatic heterocycles. The van der Waals surface area contributed by atoms with E-state index >= 15 is 0 Å². The quantitative estimate of drug-likeness (QED) is 0.830. The lowest BCUT2D eigenvalue weighted by Gasteiger charge is -2.15. The van der Waals surface area contributed by atoms with Crippen molar-refractivity contribution >= 4 is 0 Å². The van der Waals surface area contributed by atoms with Gasteiger partial charge in [-0.05, 0) is 44.0 Å². The van der Waals surface area contributed by atoms with Crippen molar-refractivity contribution in [3.63, 3.8) is 0 Å². The molecule has 20 heavy (non-hydrogen) atoms. The molecular formula is C16H24FNO2. The number of benzene rings is 1. The zero-order chi connectivity index (χ0) is 14.4. The predicted octanol–water partition coefficient (Wildman–Crippen LogP) is 3.44. The standard InChI is InChI=1S/C16H24FNO2/c1-3-18-12(2)13-6-7-16(15(17)11-13)20-10-8-14-5-4-9-19-14/h6-7,11-12,14,18H,3-5,8-10H2,1-2H3. The fraction of sp³-hybridized carbons (Fsp3) is 0.625. The Morgan fingerprint density at radius 2 is 2.35 bits per heavy atom. The van der Waals surface area contributed by atoms with Crippen molar-refractivity contribution < 1.29 is 13.9 Å². The number of ether oxygens (including phenoxy) is 2. The lowest BCUT2D eigenvalue weighted by atomic mass is 10.1. The van der Waals surface area contributed by atoms with Crippen LogP contribution in [0.5, 0.6) is 5.75 Å². The maximum atomic E-state index is 14.0. The molecule has 2 rings (SSSR count). The average Bonchev–Trinajstić information content (AvgIpc) is 2.94. The summed E-state index contributed by atoms with van der Waals surface area (Å²) < 4.78 is 25.0. The van der Waals surface area contributed by atoms with Crippen LogP contribution in [0.25, 0.3) is 0 Å². The summed E-state index contributed by atoms with van der Waals surface area (Å²) in [5.41, 5.74) is 0.941. The SMILES string of the molecule is CCNC(C)c1ccc(OCCC2CCCO2)c(F)c1. The van der Waals surface area contributed by atoms with E-state index < -0.39 is 0 Å². The van der Waals surface area contributed by atoms with Gasteiger partial charge in [-0.15, -0.1) is 0 Å². The number of hydrogen-bond acceptors (Lipinski definition) is 3. The van der Waals surface area contributed by atoms with Gasteiger partial charge in [0, 0.05) is 19.1 Å². The zero-order valence-corrected chi connectivity index (χ0v) is 12.3. The lowest BCUT2D eigenvalue weighted by molar-refractivity contribution is 0.0897. The highest BCUT2D eigenvalue weighted by atomic mass is 19.1. The van der Waals surface area contributed by atoms with Gasteiger partial charge in [-0.1, -0.05) is 13.0 Å². The Labute approximate surface area is 120 Å². The monoisotopic (exact) mass is 281 g/mol. The van der Waals surface area contributed by atoms with E-state index in [1.165, 1.54) is 0 Å². The molecule has 2 unspecified atom stereocenters. The van der Waals surface area contributed by atoms with Crippen molar-refractivity contribution in [2.24, 2.45) is 0 Å². The fourth-order valence-corrected chi connectivity index (χ4v) is 2.50. The maximum Gasteiger partial charge on any atom is 0.165 e. The Balaban J connectivity index is 1.85. The number of halogens is 1. The van der Waals surface area contributed by atoms with Crippen molar-refractivity contribution in [2.45, 2.75) is 45.3 Å². The first kappa shape index (κ1) is 15.3. The Hall–Kier alpha value is -1.13. The van der Waals surface area contributed by atoms with Crippen molar-refractivity contribution in [1.82, 2.24) is 5.32 Å². The Bertz CT molecular complexity index is 419. The van der Waals surface area contributed by atoms with Gasteiger partial charge in [-0.25, -0.2) is 4.39 Å². The predicted molar refractivity (Wildman–Crippen MR) is 77.6 cm³/mol. The third-order valence-corrected chi connectivity index (χ3v) is 3.69. The van der Waals surface area contributed by atoms with E-state index in [-0.39, 0.29) is 18.0 Å². The highest BCUT2D eigenvalue weighted by Gasteiger charge is 2.16. The Morgan fingerprint density at radius 1 is 1.50 bits per heavy atom. The molecule has 0 aromatic heterocycles. The molecule has 1 heterocycles. The summed E-state index contributed by atoms with van der Waals surface area (Å²) in [6.45, 7) is 6.27. The van der Waals surface area contributed by atoms with Crippen LogP contribution >= 0.6 is 0 Å². The van der Waals surface area contributed by atoms with Crippen LogP contribution in [0, 0.1) is 5.82 Å². The molecule has 1 N–H and O–H groups in total. The Kier molecular flexibility index (Phi) is 5.80. The van der Waals surface area contributed by atoms with Gasteiger partial charge in [-0.2, -0.15) is 0 Å². The van der Waals surface area contributed by atoms with Gasteiger partial charge < -0.3 is 14.8 Å². The molecule has 0 saturated carbocycles. The molecule has 1 fully saturated rings. The van der Waals surface area contributed by atoms with E-state index in [0.717, 1.165) is 38.0 Å². The van der Waals surface area contributed by atoms with Crippen LogP contribution in [0.1, 0.15) is 44.7 Å². The first-order valence-corrected chi connectivity index (χ1v) is 7.48. The number of nitrogens with one attached hydrogen (secondary N) is 1. The van der Waals surface area contributed by atoms with Gasteiger partial charge >= 0.3 is 0 Å². The second-order valence-electron chi connectivity index (χ2n) is 5.24. The minimum Gasteiger partial charge on any atom is -0.490 e. The third kappa shape index (κ3) is 4.18. The van der Waals surface area contributed by atoms with Crippen LogP contribution in [-0.4, -0.2) is 25.9 Å². The van der Waals surface area contributed by atoms with Crippen LogP contribution in [0.15, 0.2) is 18.2 Å². The summed E-state index contributed by atoms with van der Waals surface area (Å²) in [6, 6.07) is 5.33. The van der Waals surface area contributed by atoms with Gasteiger partial charge in [0.1, 0.15) is 0 Å². The van der Waals surface area contributed by atoms with Gasteiger partial charge in [0.15, 0.2) is 11.6 Å². The molecule has 1 aromatic rings. The maximum absolute atomic E-state index is 14.0. The molecular weight excluding hydrogens is 257 g/mol. The minimum absolute atomic E-state index is 0.149. The molecule has 0 amide bonds. The first-order chi connectivity index (χ1) is 9.70. The summed E-state index contributed by atoms with van der Waals surface area (Å²) >= 11 is 0. The molecule has 2 atom stereocenters. The largest absolute Gasteiger partial charge is 0.490 e. The van der Waals surface area contributed by atoms with Gasteiger partial charge in [-0.3, -0.25) is 0 Å². The smallest absolute Gasteiger partial charge is 0.165 e. The summed E-state index contributed by atoms with van der Waals surface area (Å²) in [4.78, 5) is 0. The molecule has 0 aliphatic carbocycles. The molecule has 1 saturated heterocycles. The first-order valence-electron chi connectivity index (χ1n) is 7.48. The van der Waals surface area contributed by atoms with Crippen LogP contribution in [0.4, 0.5) is 4.39 Å². The fourth-order valence-electron chi connectivity index (χ4n) is 2.50. The van der Waals surface area contributed by atoms with Gasteiger partial charge in [0.05, 0.1) is 12.7 Å². The number of hydrogen-bond donors (Lipinski definition) is 1. The average molecular weight is 281 g/mol. The summed E-state index contributed by atoms with van der Waals surface area (Å²) in [5, 5.41) is 3.26. The molecule has 3 nitrogen and oxygen atoms in total. The zero-order valence-electron chi connectivity index (χ0n) is 12.3. The van der Waals surface area contributed by atoms with E-state index in [2.05, 4.69) is 5.32 Å². The van der Waals surface area contributed by atoms with Gasteiger partial charge in [0.2, 0.25) is 0 Å². The van der Waals surface area contributed by atoms with Gasteiger partial charge in [0.25, 0.3) is 0 Å². The topological polar surface area (TPSA) is 30.5 Å². The normalized spacial score (nSPS) is 20.1. The summed E-state index contributed by atoms with van der Waals surface area (Å²) in [6.07, 6.45) is 3.32. The van der Waals surface area contributed by atoms with Crippen LogP contribution < -0.4 is 10.1 Å². The molecule has 0 radical (unpaired) electrons. The minimum atomic E-state index is -0.292. The molecule has 4 heteroatoms.